The van der Waals surface area contributed by atoms with Crippen molar-refractivity contribution in [3.8, 4) is 0 Å². The summed E-state index contributed by atoms with van der Waals surface area (Å²) < 4.78 is 0. The second-order valence-electron chi connectivity index (χ2n) is 4.87. The maximum Gasteiger partial charge on any atom is 0.244 e. The van der Waals surface area contributed by atoms with Crippen LogP contribution in [-0.4, -0.2) is 11.6 Å². The van der Waals surface area contributed by atoms with Crippen molar-refractivity contribution in [2.45, 2.75) is 19.8 Å². The molecule has 0 saturated carbocycles. The number of carbonyl (C=O) groups excluding carboxylic acids is 1. The van der Waals surface area contributed by atoms with Crippen LogP contribution in [0.1, 0.15) is 24.5 Å². The zero-order valence-electron chi connectivity index (χ0n) is 12.4. The number of hydrogen-bond acceptors (Lipinski definition) is 2. The van der Waals surface area contributed by atoms with Gasteiger partial charge in [-0.2, -0.15) is 5.10 Å². The van der Waals surface area contributed by atoms with E-state index >= 15 is 0 Å². The lowest BCUT2D eigenvalue weighted by atomic mass is 10.1. The van der Waals surface area contributed by atoms with Crippen LogP contribution in [0, 0.1) is 0 Å². The number of hydrogen-bond donors (Lipinski definition) is 1. The fourth-order valence-corrected chi connectivity index (χ4v) is 2.65. The van der Waals surface area contributed by atoms with E-state index in [1.165, 1.54) is 0 Å². The summed E-state index contributed by atoms with van der Waals surface area (Å²) in [5.41, 5.74) is 4.87. The molecule has 6 heteroatoms. The number of amides is 1. The number of carbonyl (C=O) groups is 1. The van der Waals surface area contributed by atoms with Crippen LogP contribution in [0.5, 0.6) is 0 Å². The molecule has 0 saturated heterocycles. The van der Waals surface area contributed by atoms with E-state index in [0.717, 1.165) is 11.1 Å². The molecule has 0 aromatic heterocycles. The van der Waals surface area contributed by atoms with Gasteiger partial charge in [-0.05, 0) is 36.2 Å². The Balaban J connectivity index is 2.06. The Labute approximate surface area is 150 Å². The summed E-state index contributed by atoms with van der Waals surface area (Å²) in [7, 11) is 0. The molecule has 1 amide bonds. The monoisotopic (exact) mass is 368 g/mol. The lowest BCUT2D eigenvalue weighted by Gasteiger charge is -2.08. The van der Waals surface area contributed by atoms with Crippen LogP contribution >= 0.6 is 34.8 Å². The van der Waals surface area contributed by atoms with Crippen molar-refractivity contribution in [3.63, 3.8) is 0 Å². The van der Waals surface area contributed by atoms with Gasteiger partial charge in [-0.1, -0.05) is 59.9 Å². The minimum absolute atomic E-state index is 0.205. The first-order chi connectivity index (χ1) is 11.0. The van der Waals surface area contributed by atoms with Gasteiger partial charge in [0.1, 0.15) is 0 Å². The van der Waals surface area contributed by atoms with E-state index in [4.69, 9.17) is 34.8 Å². The van der Waals surface area contributed by atoms with Crippen LogP contribution in [0.2, 0.25) is 15.1 Å². The third-order valence-electron chi connectivity index (χ3n) is 3.17. The molecule has 2 aromatic carbocycles. The summed E-state index contributed by atoms with van der Waals surface area (Å²) in [4.78, 5) is 12.0. The summed E-state index contributed by atoms with van der Waals surface area (Å²) in [5, 5.41) is 5.88. The Morgan fingerprint density at radius 1 is 1.04 bits per heavy atom. The van der Waals surface area contributed by atoms with Crippen molar-refractivity contribution in [3.05, 3.63) is 68.7 Å². The molecule has 0 aliphatic heterocycles. The standard InChI is InChI=1S/C17H15Cl3N2O/c1-2-16(14-8-7-13(19)10-15(14)20)21-22-17(23)9-11-3-5-12(18)6-4-11/h3-8,10H,2,9H2,1H3,(H,22,23)/b21-16+. The van der Waals surface area contributed by atoms with Crippen LogP contribution in [0.3, 0.4) is 0 Å². The smallest absolute Gasteiger partial charge is 0.244 e. The maximum atomic E-state index is 12.0. The third kappa shape index (κ3) is 5.24. The Bertz CT molecular complexity index is 727. The van der Waals surface area contributed by atoms with Crippen molar-refractivity contribution in [2.24, 2.45) is 5.10 Å². The number of benzene rings is 2. The molecule has 2 rings (SSSR count). The molecule has 0 heterocycles. The topological polar surface area (TPSA) is 41.5 Å². The van der Waals surface area contributed by atoms with E-state index in [1.54, 1.807) is 30.3 Å². The van der Waals surface area contributed by atoms with Gasteiger partial charge < -0.3 is 0 Å². The van der Waals surface area contributed by atoms with Gasteiger partial charge in [0.05, 0.1) is 17.2 Å². The zero-order valence-corrected chi connectivity index (χ0v) is 14.7. The molecule has 0 radical (unpaired) electrons. The van der Waals surface area contributed by atoms with Crippen molar-refractivity contribution in [1.29, 1.82) is 0 Å². The molecule has 0 unspecified atom stereocenters. The van der Waals surface area contributed by atoms with Crippen molar-refractivity contribution in [1.82, 2.24) is 5.43 Å². The number of hydrazone groups is 1. The summed E-state index contributed by atoms with van der Waals surface area (Å²) >= 11 is 17.9. The van der Waals surface area contributed by atoms with E-state index in [9.17, 15) is 4.79 Å². The van der Waals surface area contributed by atoms with E-state index in [1.807, 2.05) is 19.1 Å². The maximum absolute atomic E-state index is 12.0. The molecule has 0 fully saturated rings. The average molecular weight is 370 g/mol. The lowest BCUT2D eigenvalue weighted by molar-refractivity contribution is -0.120. The van der Waals surface area contributed by atoms with E-state index < -0.39 is 0 Å². The van der Waals surface area contributed by atoms with Crippen molar-refractivity contribution < 1.29 is 4.79 Å². The van der Waals surface area contributed by atoms with Crippen LogP contribution in [0.15, 0.2) is 47.6 Å². The minimum atomic E-state index is -0.205. The highest BCUT2D eigenvalue weighted by Gasteiger charge is 2.09. The Morgan fingerprint density at radius 2 is 1.70 bits per heavy atom. The highest BCUT2D eigenvalue weighted by Crippen LogP contribution is 2.22. The Morgan fingerprint density at radius 3 is 2.30 bits per heavy atom. The first-order valence-corrected chi connectivity index (χ1v) is 8.18. The quantitative estimate of drug-likeness (QED) is 0.577. The lowest BCUT2D eigenvalue weighted by Crippen LogP contribution is -2.21. The molecule has 1 N–H and O–H groups in total. The molecular formula is C17H15Cl3N2O. The van der Waals surface area contributed by atoms with E-state index in [0.29, 0.717) is 27.2 Å². The van der Waals surface area contributed by atoms with Crippen LogP contribution in [0.25, 0.3) is 0 Å². The molecule has 0 spiro atoms. The molecule has 120 valence electrons. The van der Waals surface area contributed by atoms with Crippen molar-refractivity contribution >= 4 is 46.4 Å². The van der Waals surface area contributed by atoms with Crippen LogP contribution in [0.4, 0.5) is 0 Å². The SMILES string of the molecule is CC/C(=N\NC(=O)Cc1ccc(Cl)cc1)c1ccc(Cl)cc1Cl. The first kappa shape index (κ1) is 17.8. The fraction of sp³-hybridized carbons (Fsp3) is 0.176. The zero-order chi connectivity index (χ0) is 16.8. The van der Waals surface area contributed by atoms with Gasteiger partial charge in [0, 0.05) is 15.6 Å². The predicted molar refractivity (Wildman–Crippen MR) is 96.6 cm³/mol. The average Bonchev–Trinajstić information content (AvgIpc) is 2.52. The highest BCUT2D eigenvalue weighted by molar-refractivity contribution is 6.37. The third-order valence-corrected chi connectivity index (χ3v) is 3.97. The summed E-state index contributed by atoms with van der Waals surface area (Å²) in [6.45, 7) is 1.94. The fourth-order valence-electron chi connectivity index (χ4n) is 2.01. The molecule has 0 bridgehead atoms. The first-order valence-electron chi connectivity index (χ1n) is 7.05. The second-order valence-corrected chi connectivity index (χ2v) is 6.15. The Hall–Kier alpha value is -1.55. The predicted octanol–water partition coefficient (Wildman–Crippen LogP) is 5.12. The summed E-state index contributed by atoms with van der Waals surface area (Å²) in [6.07, 6.45) is 0.856. The van der Waals surface area contributed by atoms with Gasteiger partial charge in [-0.25, -0.2) is 5.43 Å². The van der Waals surface area contributed by atoms with E-state index in [2.05, 4.69) is 10.5 Å². The molecule has 0 atom stereocenters. The number of nitrogens with zero attached hydrogens (tertiary/aromatic N) is 1. The number of halogens is 3. The molecule has 2 aromatic rings. The van der Waals surface area contributed by atoms with E-state index in [-0.39, 0.29) is 12.3 Å². The highest BCUT2D eigenvalue weighted by atomic mass is 35.5. The summed E-state index contributed by atoms with van der Waals surface area (Å²) in [5.74, 6) is -0.205. The van der Waals surface area contributed by atoms with Crippen LogP contribution < -0.4 is 5.43 Å². The van der Waals surface area contributed by atoms with Gasteiger partial charge in [-0.15, -0.1) is 0 Å². The van der Waals surface area contributed by atoms with Gasteiger partial charge in [-0.3, -0.25) is 4.79 Å². The van der Waals surface area contributed by atoms with Gasteiger partial charge in [0.15, 0.2) is 0 Å². The van der Waals surface area contributed by atoms with Gasteiger partial charge in [0.2, 0.25) is 5.91 Å². The molecule has 23 heavy (non-hydrogen) atoms. The van der Waals surface area contributed by atoms with Gasteiger partial charge >= 0.3 is 0 Å². The largest absolute Gasteiger partial charge is 0.273 e. The molecule has 0 aliphatic rings. The number of rotatable bonds is 5. The normalized spacial score (nSPS) is 11.4. The number of nitrogens with one attached hydrogen (secondary N) is 1. The Kier molecular flexibility index (Phi) is 6.46. The molecular weight excluding hydrogens is 355 g/mol. The minimum Gasteiger partial charge on any atom is -0.273 e. The molecule has 3 nitrogen and oxygen atoms in total. The van der Waals surface area contributed by atoms with Crippen molar-refractivity contribution in [2.75, 3.05) is 0 Å². The van der Waals surface area contributed by atoms with Crippen LogP contribution in [-0.2, 0) is 11.2 Å². The molecule has 0 aliphatic carbocycles. The second kappa shape index (κ2) is 8.34. The summed E-state index contributed by atoms with van der Waals surface area (Å²) in [6, 6.07) is 12.3. The van der Waals surface area contributed by atoms with Gasteiger partial charge in [0.25, 0.3) is 0 Å².